The van der Waals surface area contributed by atoms with Crippen LogP contribution < -0.4 is 5.73 Å². The molecule has 0 saturated heterocycles. The van der Waals surface area contributed by atoms with Gasteiger partial charge in [0, 0.05) is 6.42 Å². The van der Waals surface area contributed by atoms with Crippen molar-refractivity contribution in [3.8, 4) is 0 Å². The predicted octanol–water partition coefficient (Wildman–Crippen LogP) is 1.52. The molecule has 0 fully saturated rings. The highest BCUT2D eigenvalue weighted by atomic mass is 16.5. The van der Waals surface area contributed by atoms with Gasteiger partial charge in [-0.15, -0.1) is 0 Å². The van der Waals surface area contributed by atoms with Crippen molar-refractivity contribution in [3.05, 3.63) is 0 Å². The SMILES string of the molecule is CCCCCCCCCC(=O)OCC(O)C(N)=O. The van der Waals surface area contributed by atoms with Gasteiger partial charge < -0.3 is 15.6 Å². The molecule has 5 nitrogen and oxygen atoms in total. The van der Waals surface area contributed by atoms with Gasteiger partial charge in [-0.2, -0.15) is 0 Å². The second-order valence-electron chi connectivity index (χ2n) is 4.47. The van der Waals surface area contributed by atoms with Crippen molar-refractivity contribution in [2.45, 2.75) is 64.4 Å². The van der Waals surface area contributed by atoms with Crippen LogP contribution in [0.1, 0.15) is 58.3 Å². The van der Waals surface area contributed by atoms with Crippen LogP contribution >= 0.6 is 0 Å². The van der Waals surface area contributed by atoms with Gasteiger partial charge in [-0.3, -0.25) is 9.59 Å². The molecule has 0 radical (unpaired) electrons. The number of esters is 1. The summed E-state index contributed by atoms with van der Waals surface area (Å²) in [5, 5.41) is 9.02. The molecule has 0 heterocycles. The number of carbonyl (C=O) groups excluding carboxylic acids is 2. The molecule has 0 aliphatic carbocycles. The maximum Gasteiger partial charge on any atom is 0.305 e. The summed E-state index contributed by atoms with van der Waals surface area (Å²) in [5.41, 5.74) is 4.82. The van der Waals surface area contributed by atoms with Gasteiger partial charge in [-0.1, -0.05) is 45.4 Å². The van der Waals surface area contributed by atoms with Gasteiger partial charge in [-0.05, 0) is 6.42 Å². The highest BCUT2D eigenvalue weighted by Gasteiger charge is 2.13. The van der Waals surface area contributed by atoms with E-state index in [-0.39, 0.29) is 12.6 Å². The van der Waals surface area contributed by atoms with E-state index in [4.69, 9.17) is 15.6 Å². The molecule has 1 unspecified atom stereocenters. The Morgan fingerprint density at radius 2 is 1.67 bits per heavy atom. The molecule has 5 heteroatoms. The smallest absolute Gasteiger partial charge is 0.305 e. The molecule has 0 aromatic heterocycles. The zero-order valence-corrected chi connectivity index (χ0v) is 11.2. The van der Waals surface area contributed by atoms with E-state index in [1.807, 2.05) is 0 Å². The molecule has 0 aromatic rings. The van der Waals surface area contributed by atoms with Crippen LogP contribution in [-0.2, 0) is 14.3 Å². The third-order valence-corrected chi connectivity index (χ3v) is 2.72. The number of unbranched alkanes of at least 4 members (excludes halogenated alkanes) is 6. The Labute approximate surface area is 109 Å². The molecule has 0 aliphatic rings. The number of hydrogen-bond donors (Lipinski definition) is 2. The van der Waals surface area contributed by atoms with Crippen LogP contribution in [0.3, 0.4) is 0 Å². The molecule has 0 aliphatic heterocycles. The fourth-order valence-corrected chi connectivity index (χ4v) is 1.55. The molecular formula is C13H25NO4. The summed E-state index contributed by atoms with van der Waals surface area (Å²) in [6, 6.07) is 0. The number of ether oxygens (including phenoxy) is 1. The molecule has 0 aromatic carbocycles. The zero-order valence-electron chi connectivity index (χ0n) is 11.2. The largest absolute Gasteiger partial charge is 0.462 e. The predicted molar refractivity (Wildman–Crippen MR) is 68.8 cm³/mol. The molecule has 0 rings (SSSR count). The molecule has 18 heavy (non-hydrogen) atoms. The van der Waals surface area contributed by atoms with Crippen molar-refractivity contribution >= 4 is 11.9 Å². The maximum absolute atomic E-state index is 11.2. The van der Waals surface area contributed by atoms with Crippen molar-refractivity contribution in [2.24, 2.45) is 5.73 Å². The highest BCUT2D eigenvalue weighted by molar-refractivity contribution is 5.79. The lowest BCUT2D eigenvalue weighted by Crippen LogP contribution is -2.33. The van der Waals surface area contributed by atoms with Gasteiger partial charge >= 0.3 is 5.97 Å². The highest BCUT2D eigenvalue weighted by Crippen LogP contribution is 2.08. The molecule has 0 saturated carbocycles. The van der Waals surface area contributed by atoms with Crippen molar-refractivity contribution in [3.63, 3.8) is 0 Å². The van der Waals surface area contributed by atoms with E-state index in [1.165, 1.54) is 25.7 Å². The van der Waals surface area contributed by atoms with Crippen LogP contribution in [0.5, 0.6) is 0 Å². The summed E-state index contributed by atoms with van der Waals surface area (Å²) in [7, 11) is 0. The number of amides is 1. The maximum atomic E-state index is 11.2. The summed E-state index contributed by atoms with van der Waals surface area (Å²) in [5.74, 6) is -1.26. The van der Waals surface area contributed by atoms with E-state index in [1.54, 1.807) is 0 Å². The summed E-state index contributed by atoms with van der Waals surface area (Å²) < 4.78 is 4.72. The average Bonchev–Trinajstić information content (AvgIpc) is 2.34. The topological polar surface area (TPSA) is 89.6 Å². The van der Waals surface area contributed by atoms with Crippen LogP contribution in [0.2, 0.25) is 0 Å². The minimum absolute atomic E-state index is 0.333. The fraction of sp³-hybridized carbons (Fsp3) is 0.846. The Balaban J connectivity index is 3.35. The van der Waals surface area contributed by atoms with Crippen LogP contribution in [0.15, 0.2) is 0 Å². The monoisotopic (exact) mass is 259 g/mol. The number of aliphatic hydroxyl groups is 1. The minimum atomic E-state index is -1.40. The Kier molecular flexibility index (Phi) is 10.3. The normalized spacial score (nSPS) is 12.1. The number of aliphatic hydroxyl groups excluding tert-OH is 1. The Morgan fingerprint density at radius 3 is 2.22 bits per heavy atom. The third kappa shape index (κ3) is 10.1. The van der Waals surface area contributed by atoms with E-state index >= 15 is 0 Å². The molecule has 0 bridgehead atoms. The lowest BCUT2D eigenvalue weighted by molar-refractivity contribution is -0.148. The van der Waals surface area contributed by atoms with E-state index in [9.17, 15) is 9.59 Å². The van der Waals surface area contributed by atoms with Crippen molar-refractivity contribution in [1.82, 2.24) is 0 Å². The van der Waals surface area contributed by atoms with Crippen LogP contribution in [0, 0.1) is 0 Å². The van der Waals surface area contributed by atoms with Crippen molar-refractivity contribution < 1.29 is 19.4 Å². The quantitative estimate of drug-likeness (QED) is 0.435. The number of nitrogens with two attached hydrogens (primary N) is 1. The van der Waals surface area contributed by atoms with Gasteiger partial charge in [0.2, 0.25) is 5.91 Å². The second kappa shape index (κ2) is 11.0. The molecule has 106 valence electrons. The first-order chi connectivity index (χ1) is 8.57. The average molecular weight is 259 g/mol. The third-order valence-electron chi connectivity index (χ3n) is 2.72. The minimum Gasteiger partial charge on any atom is -0.462 e. The van der Waals surface area contributed by atoms with E-state index in [0.29, 0.717) is 6.42 Å². The van der Waals surface area contributed by atoms with Gasteiger partial charge in [-0.25, -0.2) is 0 Å². The number of primary amides is 1. The summed E-state index contributed by atoms with van der Waals surface area (Å²) in [6.07, 6.45) is 6.84. The summed E-state index contributed by atoms with van der Waals surface area (Å²) in [4.78, 5) is 21.7. The lowest BCUT2D eigenvalue weighted by atomic mass is 10.1. The van der Waals surface area contributed by atoms with Gasteiger partial charge in [0.25, 0.3) is 0 Å². The first-order valence-electron chi connectivity index (χ1n) is 6.71. The Bertz CT molecular complexity index is 243. The second-order valence-corrected chi connectivity index (χ2v) is 4.47. The first kappa shape index (κ1) is 16.9. The fourth-order valence-electron chi connectivity index (χ4n) is 1.55. The van der Waals surface area contributed by atoms with Crippen molar-refractivity contribution in [2.75, 3.05) is 6.61 Å². The van der Waals surface area contributed by atoms with Gasteiger partial charge in [0.1, 0.15) is 6.61 Å². The summed E-state index contributed by atoms with van der Waals surface area (Å²) >= 11 is 0. The zero-order chi connectivity index (χ0) is 13.8. The number of hydrogen-bond acceptors (Lipinski definition) is 4. The van der Waals surface area contributed by atoms with Gasteiger partial charge in [0.05, 0.1) is 0 Å². The van der Waals surface area contributed by atoms with Crippen molar-refractivity contribution in [1.29, 1.82) is 0 Å². The van der Waals surface area contributed by atoms with E-state index in [0.717, 1.165) is 19.3 Å². The molecule has 1 atom stereocenters. The number of carbonyl (C=O) groups is 2. The Hall–Kier alpha value is -1.10. The molecule has 0 spiro atoms. The summed E-state index contributed by atoms with van der Waals surface area (Å²) in [6.45, 7) is 1.83. The Morgan fingerprint density at radius 1 is 1.11 bits per heavy atom. The molecule has 1 amide bonds. The molecular weight excluding hydrogens is 234 g/mol. The molecule has 3 N–H and O–H groups in total. The number of rotatable bonds is 11. The lowest BCUT2D eigenvalue weighted by Gasteiger charge is -2.07. The van der Waals surface area contributed by atoms with Gasteiger partial charge in [0.15, 0.2) is 6.10 Å². The van der Waals surface area contributed by atoms with E-state index in [2.05, 4.69) is 6.92 Å². The first-order valence-corrected chi connectivity index (χ1v) is 6.71. The van der Waals surface area contributed by atoms with Crippen LogP contribution in [0.25, 0.3) is 0 Å². The van der Waals surface area contributed by atoms with Crippen LogP contribution in [0.4, 0.5) is 0 Å². The van der Waals surface area contributed by atoms with Crippen LogP contribution in [-0.4, -0.2) is 29.7 Å². The standard InChI is InChI=1S/C13H25NO4/c1-2-3-4-5-6-7-8-9-12(16)18-10-11(15)13(14)17/h11,15H,2-10H2,1H3,(H2,14,17). The van der Waals surface area contributed by atoms with E-state index < -0.39 is 12.0 Å².